The van der Waals surface area contributed by atoms with Crippen molar-refractivity contribution in [3.05, 3.63) is 0 Å². The second-order valence-corrected chi connectivity index (χ2v) is 3.82. The molecule has 0 aliphatic carbocycles. The van der Waals surface area contributed by atoms with Gasteiger partial charge in [0.1, 0.15) is 0 Å². The molecule has 0 heterocycles. The quantitative estimate of drug-likeness (QED) is 0.607. The first-order chi connectivity index (χ1) is 6.70. The molecule has 1 atom stereocenters. The van der Waals surface area contributed by atoms with Gasteiger partial charge >= 0.3 is 0 Å². The highest BCUT2D eigenvalue weighted by molar-refractivity contribution is 4.56. The number of hydrogen-bond donors (Lipinski definition) is 1. The summed E-state index contributed by atoms with van der Waals surface area (Å²) in [6, 6.07) is 0. The molecule has 0 aromatic rings. The number of unbranched alkanes of at least 4 members (excludes halogenated alkanes) is 1. The molecule has 0 saturated carbocycles. The van der Waals surface area contributed by atoms with Crippen LogP contribution in [0.15, 0.2) is 0 Å². The lowest BCUT2D eigenvalue weighted by Crippen LogP contribution is -2.00. The Morgan fingerprint density at radius 2 is 1.36 bits per heavy atom. The summed E-state index contributed by atoms with van der Waals surface area (Å²) in [7, 11) is 0. The van der Waals surface area contributed by atoms with Crippen LogP contribution in [0.2, 0.25) is 0 Å². The van der Waals surface area contributed by atoms with Crippen molar-refractivity contribution in [2.24, 2.45) is 5.92 Å². The SMILES string of the molecule is CC.CCC(CC)CCCCC(C)O. The minimum atomic E-state index is -0.105. The van der Waals surface area contributed by atoms with Crippen LogP contribution in [0.5, 0.6) is 0 Å². The normalized spacial score (nSPS) is 12.2. The topological polar surface area (TPSA) is 20.2 Å². The van der Waals surface area contributed by atoms with E-state index in [4.69, 9.17) is 5.11 Å². The van der Waals surface area contributed by atoms with Gasteiger partial charge in [-0.15, -0.1) is 0 Å². The molecule has 88 valence electrons. The molecule has 0 spiro atoms. The predicted octanol–water partition coefficient (Wildman–Crippen LogP) is 4.39. The molecule has 1 unspecified atom stereocenters. The molecule has 1 heteroatoms. The van der Waals surface area contributed by atoms with Crippen LogP contribution in [-0.2, 0) is 0 Å². The Kier molecular flexibility index (Phi) is 15.2. The highest BCUT2D eigenvalue weighted by Crippen LogP contribution is 2.16. The van der Waals surface area contributed by atoms with E-state index in [1.54, 1.807) is 0 Å². The van der Waals surface area contributed by atoms with E-state index in [0.717, 1.165) is 12.3 Å². The first kappa shape index (κ1) is 16.4. The van der Waals surface area contributed by atoms with Gasteiger partial charge in [0, 0.05) is 0 Å². The molecule has 0 bridgehead atoms. The molecule has 0 aromatic carbocycles. The lowest BCUT2D eigenvalue weighted by atomic mass is 9.96. The Morgan fingerprint density at radius 1 is 0.929 bits per heavy atom. The van der Waals surface area contributed by atoms with Crippen molar-refractivity contribution in [1.29, 1.82) is 0 Å². The van der Waals surface area contributed by atoms with Crippen LogP contribution in [0.25, 0.3) is 0 Å². The predicted molar refractivity (Wildman–Crippen MR) is 65.6 cm³/mol. The fourth-order valence-corrected chi connectivity index (χ4v) is 1.57. The van der Waals surface area contributed by atoms with Crippen LogP contribution < -0.4 is 0 Å². The molecule has 1 N–H and O–H groups in total. The van der Waals surface area contributed by atoms with Gasteiger partial charge < -0.3 is 5.11 Å². The van der Waals surface area contributed by atoms with Crippen molar-refractivity contribution < 1.29 is 5.11 Å². The summed E-state index contributed by atoms with van der Waals surface area (Å²) in [5.41, 5.74) is 0. The largest absolute Gasteiger partial charge is 0.393 e. The van der Waals surface area contributed by atoms with E-state index >= 15 is 0 Å². The highest BCUT2D eigenvalue weighted by Gasteiger charge is 2.03. The maximum atomic E-state index is 9.03. The monoisotopic (exact) mass is 202 g/mol. The molecule has 0 radical (unpaired) electrons. The van der Waals surface area contributed by atoms with Crippen molar-refractivity contribution in [3.63, 3.8) is 0 Å². The molecule has 0 aliphatic heterocycles. The van der Waals surface area contributed by atoms with E-state index in [0.29, 0.717) is 0 Å². The third-order valence-corrected chi connectivity index (χ3v) is 2.64. The van der Waals surface area contributed by atoms with Crippen molar-refractivity contribution in [1.82, 2.24) is 0 Å². The zero-order valence-corrected chi connectivity index (χ0v) is 10.8. The molecule has 0 fully saturated rings. The minimum Gasteiger partial charge on any atom is -0.393 e. The van der Waals surface area contributed by atoms with Crippen LogP contribution >= 0.6 is 0 Å². The Labute approximate surface area is 90.9 Å². The standard InChI is InChI=1S/C11H24O.C2H6/c1-4-11(5-2)9-7-6-8-10(3)12;1-2/h10-12H,4-9H2,1-3H3;1-2H3. The highest BCUT2D eigenvalue weighted by atomic mass is 16.3. The van der Waals surface area contributed by atoms with Gasteiger partial charge in [-0.25, -0.2) is 0 Å². The Bertz CT molecular complexity index is 85.2. The number of aliphatic hydroxyl groups excluding tert-OH is 1. The van der Waals surface area contributed by atoms with Gasteiger partial charge in [0.05, 0.1) is 6.10 Å². The van der Waals surface area contributed by atoms with E-state index in [9.17, 15) is 0 Å². The Hall–Kier alpha value is -0.0400. The molecular weight excluding hydrogens is 172 g/mol. The molecule has 0 aromatic heterocycles. The molecular formula is C13H30O. The molecule has 0 amide bonds. The van der Waals surface area contributed by atoms with Gasteiger partial charge in [-0.3, -0.25) is 0 Å². The second kappa shape index (κ2) is 13.0. The fraction of sp³-hybridized carbons (Fsp3) is 1.00. The minimum absolute atomic E-state index is 0.105. The molecule has 1 nitrogen and oxygen atoms in total. The van der Waals surface area contributed by atoms with E-state index in [1.807, 2.05) is 20.8 Å². The molecule has 14 heavy (non-hydrogen) atoms. The Balaban J connectivity index is 0. The van der Waals surface area contributed by atoms with Crippen LogP contribution in [0.3, 0.4) is 0 Å². The number of aliphatic hydroxyl groups is 1. The number of rotatable bonds is 7. The summed E-state index contributed by atoms with van der Waals surface area (Å²) in [5.74, 6) is 0.916. The summed E-state index contributed by atoms with van der Waals surface area (Å²) in [6.07, 6.45) is 7.31. The lowest BCUT2D eigenvalue weighted by molar-refractivity contribution is 0.179. The van der Waals surface area contributed by atoms with Gasteiger partial charge in [-0.2, -0.15) is 0 Å². The first-order valence-corrected chi connectivity index (χ1v) is 6.38. The summed E-state index contributed by atoms with van der Waals surface area (Å²) in [5, 5.41) is 9.03. The third kappa shape index (κ3) is 12.0. The smallest absolute Gasteiger partial charge is 0.0512 e. The van der Waals surface area contributed by atoms with Crippen molar-refractivity contribution in [2.45, 2.75) is 79.2 Å². The summed E-state index contributed by atoms with van der Waals surface area (Å²) in [4.78, 5) is 0. The van der Waals surface area contributed by atoms with E-state index in [1.165, 1.54) is 32.1 Å². The average molecular weight is 202 g/mol. The number of hydrogen-bond acceptors (Lipinski definition) is 1. The van der Waals surface area contributed by atoms with Gasteiger partial charge in [-0.05, 0) is 19.3 Å². The molecule has 0 rings (SSSR count). The van der Waals surface area contributed by atoms with E-state index in [-0.39, 0.29) is 6.10 Å². The van der Waals surface area contributed by atoms with Gasteiger partial charge in [0.2, 0.25) is 0 Å². The maximum absolute atomic E-state index is 9.03. The van der Waals surface area contributed by atoms with E-state index in [2.05, 4.69) is 13.8 Å². The van der Waals surface area contributed by atoms with Gasteiger partial charge in [0.15, 0.2) is 0 Å². The summed E-state index contributed by atoms with van der Waals surface area (Å²) < 4.78 is 0. The summed E-state index contributed by atoms with van der Waals surface area (Å²) in [6.45, 7) is 10.4. The van der Waals surface area contributed by atoms with Gasteiger partial charge in [-0.1, -0.05) is 59.8 Å². The van der Waals surface area contributed by atoms with Crippen LogP contribution in [0, 0.1) is 5.92 Å². The molecule has 0 saturated heterocycles. The molecule has 0 aliphatic rings. The zero-order chi connectivity index (χ0) is 11.4. The van der Waals surface area contributed by atoms with Crippen LogP contribution in [0.4, 0.5) is 0 Å². The first-order valence-electron chi connectivity index (χ1n) is 6.38. The lowest BCUT2D eigenvalue weighted by Gasteiger charge is -2.11. The maximum Gasteiger partial charge on any atom is 0.0512 e. The van der Waals surface area contributed by atoms with Crippen molar-refractivity contribution in [2.75, 3.05) is 0 Å². The third-order valence-electron chi connectivity index (χ3n) is 2.64. The second-order valence-electron chi connectivity index (χ2n) is 3.82. The zero-order valence-electron chi connectivity index (χ0n) is 10.8. The average Bonchev–Trinajstić information content (AvgIpc) is 2.21. The van der Waals surface area contributed by atoms with E-state index < -0.39 is 0 Å². The van der Waals surface area contributed by atoms with Crippen LogP contribution in [0.1, 0.15) is 73.1 Å². The van der Waals surface area contributed by atoms with Gasteiger partial charge in [0.25, 0.3) is 0 Å². The van der Waals surface area contributed by atoms with Crippen molar-refractivity contribution >= 4 is 0 Å². The summed E-state index contributed by atoms with van der Waals surface area (Å²) >= 11 is 0. The fourth-order valence-electron chi connectivity index (χ4n) is 1.57. The van der Waals surface area contributed by atoms with Crippen molar-refractivity contribution in [3.8, 4) is 0 Å². The van der Waals surface area contributed by atoms with Crippen LogP contribution in [-0.4, -0.2) is 11.2 Å². The Morgan fingerprint density at radius 3 is 1.71 bits per heavy atom.